The number of alkyl halides is 3. The number of nitrogens with two attached hydrogens (primary N) is 1. The maximum Gasteiger partial charge on any atom is 0.389 e. The van der Waals surface area contributed by atoms with E-state index < -0.39 is 18.6 Å². The third-order valence-electron chi connectivity index (χ3n) is 2.77. The van der Waals surface area contributed by atoms with Crippen LogP contribution in [0.15, 0.2) is 18.2 Å². The number of unbranched alkanes of at least 4 members (excludes halogenated alkanes) is 1. The molecule has 0 aliphatic carbocycles. The summed E-state index contributed by atoms with van der Waals surface area (Å²) in [5.74, 6) is -0.461. The van der Waals surface area contributed by atoms with Crippen LogP contribution in [0.5, 0.6) is 0 Å². The Bertz CT molecular complexity index is 476. The summed E-state index contributed by atoms with van der Waals surface area (Å²) in [7, 11) is 0. The first-order chi connectivity index (χ1) is 9.83. The topological polar surface area (TPSA) is 64.3 Å². The van der Waals surface area contributed by atoms with Crippen molar-refractivity contribution in [2.45, 2.75) is 32.4 Å². The van der Waals surface area contributed by atoms with E-state index in [9.17, 15) is 18.0 Å². The number of halogens is 3. The number of hydrogen-bond donors (Lipinski definition) is 2. The minimum atomic E-state index is -4.12. The molecule has 1 aromatic rings. The molecule has 0 saturated carbocycles. The van der Waals surface area contributed by atoms with E-state index in [4.69, 9.17) is 10.5 Å². The molecule has 0 heterocycles. The molecule has 0 radical (unpaired) electrons. The van der Waals surface area contributed by atoms with Gasteiger partial charge in [-0.1, -0.05) is 0 Å². The number of esters is 1. The fraction of sp³-hybridized carbons (Fsp3) is 0.500. The highest BCUT2D eigenvalue weighted by atomic mass is 19.4. The first kappa shape index (κ1) is 17.1. The van der Waals surface area contributed by atoms with Gasteiger partial charge in [-0.25, -0.2) is 4.79 Å². The number of carbonyl (C=O) groups is 1. The molecule has 0 saturated heterocycles. The quantitative estimate of drug-likeness (QED) is 0.459. The van der Waals surface area contributed by atoms with Gasteiger partial charge >= 0.3 is 12.1 Å². The van der Waals surface area contributed by atoms with Crippen molar-refractivity contribution in [1.82, 2.24) is 0 Å². The average Bonchev–Trinajstić information content (AvgIpc) is 2.39. The zero-order valence-electron chi connectivity index (χ0n) is 11.8. The van der Waals surface area contributed by atoms with Gasteiger partial charge in [-0.05, 0) is 38.0 Å². The average molecular weight is 304 g/mol. The minimum absolute atomic E-state index is 0.0496. The van der Waals surface area contributed by atoms with E-state index in [2.05, 4.69) is 5.32 Å². The second-order valence-corrected chi connectivity index (χ2v) is 4.52. The largest absolute Gasteiger partial charge is 0.462 e. The van der Waals surface area contributed by atoms with Crippen molar-refractivity contribution in [2.24, 2.45) is 0 Å². The smallest absolute Gasteiger partial charge is 0.389 e. The van der Waals surface area contributed by atoms with Gasteiger partial charge in [0.25, 0.3) is 0 Å². The Hall–Kier alpha value is -1.92. The Morgan fingerprint density at radius 1 is 1.33 bits per heavy atom. The number of hydrogen-bond acceptors (Lipinski definition) is 4. The summed E-state index contributed by atoms with van der Waals surface area (Å²) in [6, 6.07) is 4.64. The van der Waals surface area contributed by atoms with Crippen LogP contribution < -0.4 is 11.1 Å². The lowest BCUT2D eigenvalue weighted by Crippen LogP contribution is -2.10. The molecule has 1 rings (SSSR count). The van der Waals surface area contributed by atoms with E-state index in [0.717, 1.165) is 0 Å². The lowest BCUT2D eigenvalue weighted by atomic mass is 10.1. The van der Waals surface area contributed by atoms with E-state index in [1.165, 1.54) is 6.07 Å². The second-order valence-electron chi connectivity index (χ2n) is 4.52. The monoisotopic (exact) mass is 304 g/mol. The van der Waals surface area contributed by atoms with Crippen LogP contribution in [0.4, 0.5) is 24.5 Å². The van der Waals surface area contributed by atoms with E-state index in [0.29, 0.717) is 29.9 Å². The fourth-order valence-electron chi connectivity index (χ4n) is 1.72. The molecular weight excluding hydrogens is 285 g/mol. The lowest BCUT2D eigenvalue weighted by Gasteiger charge is -2.11. The van der Waals surface area contributed by atoms with Gasteiger partial charge in [0, 0.05) is 13.0 Å². The Morgan fingerprint density at radius 3 is 2.67 bits per heavy atom. The summed E-state index contributed by atoms with van der Waals surface area (Å²) >= 11 is 0. The predicted molar refractivity (Wildman–Crippen MR) is 75.2 cm³/mol. The van der Waals surface area contributed by atoms with E-state index >= 15 is 0 Å². The summed E-state index contributed by atoms with van der Waals surface area (Å²) in [5, 5.41) is 2.94. The molecular formula is C14H19F3N2O2. The van der Waals surface area contributed by atoms with Crippen LogP contribution in [0.3, 0.4) is 0 Å². The van der Waals surface area contributed by atoms with Gasteiger partial charge < -0.3 is 15.8 Å². The molecule has 4 nitrogen and oxygen atoms in total. The highest BCUT2D eigenvalue weighted by Crippen LogP contribution is 2.23. The van der Waals surface area contributed by atoms with Gasteiger partial charge in [-0.15, -0.1) is 0 Å². The molecule has 0 aliphatic rings. The molecule has 0 fully saturated rings. The zero-order valence-corrected chi connectivity index (χ0v) is 11.8. The zero-order chi connectivity index (χ0) is 15.9. The van der Waals surface area contributed by atoms with Crippen LogP contribution in [0, 0.1) is 0 Å². The molecule has 0 atom stereocenters. The maximum absolute atomic E-state index is 12.0. The number of ether oxygens (including phenoxy) is 1. The van der Waals surface area contributed by atoms with Gasteiger partial charge in [0.05, 0.1) is 23.5 Å². The van der Waals surface area contributed by atoms with E-state index in [-0.39, 0.29) is 13.0 Å². The highest BCUT2D eigenvalue weighted by molar-refractivity contribution is 5.92. The molecule has 0 spiro atoms. The van der Waals surface area contributed by atoms with Gasteiger partial charge in [-0.2, -0.15) is 13.2 Å². The predicted octanol–water partition coefficient (Wildman–Crippen LogP) is 3.59. The van der Waals surface area contributed by atoms with Crippen molar-refractivity contribution >= 4 is 17.3 Å². The third kappa shape index (κ3) is 6.37. The van der Waals surface area contributed by atoms with Gasteiger partial charge in [0.1, 0.15) is 0 Å². The molecule has 1 aromatic carbocycles. The van der Waals surface area contributed by atoms with Crippen LogP contribution in [-0.4, -0.2) is 25.3 Å². The number of rotatable bonds is 7. The molecule has 0 bridgehead atoms. The third-order valence-corrected chi connectivity index (χ3v) is 2.77. The second kappa shape index (κ2) is 7.75. The molecule has 7 heteroatoms. The van der Waals surface area contributed by atoms with Crippen molar-refractivity contribution in [2.75, 3.05) is 24.2 Å². The van der Waals surface area contributed by atoms with Crippen molar-refractivity contribution in [1.29, 1.82) is 0 Å². The number of anilines is 2. The van der Waals surface area contributed by atoms with Crippen LogP contribution >= 0.6 is 0 Å². The first-order valence-electron chi connectivity index (χ1n) is 6.70. The van der Waals surface area contributed by atoms with E-state index in [1.54, 1.807) is 19.1 Å². The molecule has 118 valence electrons. The van der Waals surface area contributed by atoms with Crippen LogP contribution in [0.2, 0.25) is 0 Å². The fourth-order valence-corrected chi connectivity index (χ4v) is 1.72. The maximum atomic E-state index is 12.0. The van der Waals surface area contributed by atoms with Crippen LogP contribution in [0.25, 0.3) is 0 Å². The molecule has 21 heavy (non-hydrogen) atoms. The molecule has 0 unspecified atom stereocenters. The number of carbonyl (C=O) groups excluding carboxylic acids is 1. The van der Waals surface area contributed by atoms with Gasteiger partial charge in [0.15, 0.2) is 0 Å². The lowest BCUT2D eigenvalue weighted by molar-refractivity contribution is -0.135. The van der Waals surface area contributed by atoms with Gasteiger partial charge in [-0.3, -0.25) is 0 Å². The van der Waals surface area contributed by atoms with Gasteiger partial charge in [0.2, 0.25) is 0 Å². The van der Waals surface area contributed by atoms with Crippen molar-refractivity contribution < 1.29 is 22.7 Å². The number of nitrogen functional groups attached to an aromatic ring is 1. The Kier molecular flexibility index (Phi) is 6.33. The molecule has 0 aliphatic heterocycles. The van der Waals surface area contributed by atoms with E-state index in [1.807, 2.05) is 0 Å². The standard InChI is InChI=1S/C14H19F3N2O2/c1-2-21-13(20)10-5-6-11(18)12(9-10)19-8-4-3-7-14(15,16)17/h5-6,9,19H,2-4,7-8,18H2,1H3. The summed E-state index contributed by atoms with van der Waals surface area (Å²) < 4.78 is 40.8. The summed E-state index contributed by atoms with van der Waals surface area (Å²) in [6.45, 7) is 2.32. The first-order valence-corrected chi connectivity index (χ1v) is 6.70. The summed E-state index contributed by atoms with van der Waals surface area (Å²) in [5.41, 5.74) is 7.05. The normalized spacial score (nSPS) is 11.2. The van der Waals surface area contributed by atoms with Crippen LogP contribution in [-0.2, 0) is 4.74 Å². The molecule has 0 amide bonds. The Balaban J connectivity index is 2.51. The molecule has 0 aromatic heterocycles. The van der Waals surface area contributed by atoms with Crippen molar-refractivity contribution in [3.8, 4) is 0 Å². The van der Waals surface area contributed by atoms with Crippen molar-refractivity contribution in [3.63, 3.8) is 0 Å². The number of nitrogens with one attached hydrogen (secondary N) is 1. The van der Waals surface area contributed by atoms with Crippen molar-refractivity contribution in [3.05, 3.63) is 23.8 Å². The highest BCUT2D eigenvalue weighted by Gasteiger charge is 2.25. The number of benzene rings is 1. The summed E-state index contributed by atoms with van der Waals surface area (Å²) in [4.78, 5) is 11.6. The summed E-state index contributed by atoms with van der Waals surface area (Å²) in [6.07, 6.45) is -4.51. The minimum Gasteiger partial charge on any atom is -0.462 e. The Morgan fingerprint density at radius 2 is 2.05 bits per heavy atom. The van der Waals surface area contributed by atoms with Crippen LogP contribution in [0.1, 0.15) is 36.5 Å². The molecule has 3 N–H and O–H groups in total. The SMILES string of the molecule is CCOC(=O)c1ccc(N)c(NCCCCC(F)(F)F)c1. The Labute approximate surface area is 121 Å².